The molecule has 0 aliphatic carbocycles. The molecular formula is C22H24Br2O6. The number of hydrogen-bond acceptors (Lipinski definition) is 6. The average molecular weight is 544 g/mol. The Morgan fingerprint density at radius 2 is 0.900 bits per heavy atom. The van der Waals surface area contributed by atoms with Crippen LogP contribution in [0.3, 0.4) is 0 Å². The molecule has 162 valence electrons. The Labute approximate surface area is 191 Å². The Balaban J connectivity index is 1.63. The number of aromatic hydroxyl groups is 4. The number of unbranched alkanes of at least 4 members (excludes halogenated alkanes) is 5. The average Bonchev–Trinajstić information content (AvgIpc) is 2.69. The van der Waals surface area contributed by atoms with Crippen molar-refractivity contribution < 1.29 is 30.0 Å². The second-order valence-corrected chi connectivity index (χ2v) is 8.82. The van der Waals surface area contributed by atoms with E-state index in [0.717, 1.165) is 37.8 Å². The molecule has 0 fully saturated rings. The second kappa shape index (κ2) is 11.4. The number of halogens is 2. The number of rotatable bonds is 11. The minimum Gasteiger partial charge on any atom is -0.507 e. The molecule has 0 unspecified atom stereocenters. The van der Waals surface area contributed by atoms with E-state index < -0.39 is 0 Å². The van der Waals surface area contributed by atoms with Gasteiger partial charge in [0.05, 0.1) is 20.1 Å². The molecule has 0 saturated carbocycles. The van der Waals surface area contributed by atoms with Crippen molar-refractivity contribution in [2.75, 3.05) is 0 Å². The molecular weight excluding hydrogens is 520 g/mol. The van der Waals surface area contributed by atoms with Crippen LogP contribution in [0.25, 0.3) is 0 Å². The first-order valence-electron chi connectivity index (χ1n) is 9.70. The Kier molecular flexibility index (Phi) is 9.17. The monoisotopic (exact) mass is 542 g/mol. The minimum absolute atomic E-state index is 0.115. The molecule has 4 N–H and O–H groups in total. The Morgan fingerprint density at radius 1 is 0.567 bits per heavy atom. The standard InChI is InChI=1S/C22H24Br2O6/c23-15-9-13(19(27)11-21(15)29)17(25)7-5-3-1-2-4-6-8-18(26)14-10-16(24)22(30)12-20(14)28/h9-12,27-30H,1-8H2. The number of phenols is 4. The molecule has 8 heteroatoms. The quantitative estimate of drug-likeness (QED) is 0.197. The fourth-order valence-electron chi connectivity index (χ4n) is 3.10. The van der Waals surface area contributed by atoms with E-state index in [1.54, 1.807) is 0 Å². The van der Waals surface area contributed by atoms with Crippen molar-refractivity contribution in [2.24, 2.45) is 0 Å². The summed E-state index contributed by atoms with van der Waals surface area (Å²) in [6, 6.07) is 5.15. The van der Waals surface area contributed by atoms with E-state index in [1.807, 2.05) is 0 Å². The van der Waals surface area contributed by atoms with Crippen LogP contribution in [0.1, 0.15) is 72.1 Å². The first kappa shape index (κ1) is 24.2. The largest absolute Gasteiger partial charge is 0.507 e. The summed E-state index contributed by atoms with van der Waals surface area (Å²) < 4.78 is 0.734. The first-order valence-corrected chi connectivity index (χ1v) is 11.3. The normalized spacial score (nSPS) is 10.9. The Morgan fingerprint density at radius 3 is 1.27 bits per heavy atom. The highest BCUT2D eigenvalue weighted by Gasteiger charge is 2.15. The Hall–Kier alpha value is -2.06. The van der Waals surface area contributed by atoms with Crippen LogP contribution >= 0.6 is 31.9 Å². The molecule has 0 aliphatic heterocycles. The fourth-order valence-corrected chi connectivity index (χ4v) is 3.78. The van der Waals surface area contributed by atoms with Gasteiger partial charge < -0.3 is 20.4 Å². The molecule has 0 saturated heterocycles. The molecule has 0 heterocycles. The predicted molar refractivity (Wildman–Crippen MR) is 121 cm³/mol. The van der Waals surface area contributed by atoms with E-state index in [2.05, 4.69) is 31.9 Å². The number of ketones is 2. The van der Waals surface area contributed by atoms with Crippen LogP contribution in [0.5, 0.6) is 23.0 Å². The fraction of sp³-hybridized carbons (Fsp3) is 0.364. The topological polar surface area (TPSA) is 115 Å². The van der Waals surface area contributed by atoms with Crippen LogP contribution in [-0.4, -0.2) is 32.0 Å². The van der Waals surface area contributed by atoms with Crippen molar-refractivity contribution in [3.8, 4) is 23.0 Å². The highest BCUT2D eigenvalue weighted by Crippen LogP contribution is 2.33. The number of hydrogen-bond donors (Lipinski definition) is 4. The highest BCUT2D eigenvalue weighted by atomic mass is 79.9. The van der Waals surface area contributed by atoms with Crippen LogP contribution in [-0.2, 0) is 0 Å². The first-order chi connectivity index (χ1) is 14.2. The van der Waals surface area contributed by atoms with Crippen LogP contribution in [0.4, 0.5) is 0 Å². The summed E-state index contributed by atoms with van der Waals surface area (Å²) in [6.07, 6.45) is 5.63. The third kappa shape index (κ3) is 6.74. The predicted octanol–water partition coefficient (Wildman–Crippen LogP) is 6.22. The molecule has 0 atom stereocenters. The lowest BCUT2D eigenvalue weighted by atomic mass is 10.0. The van der Waals surface area contributed by atoms with Gasteiger partial charge in [-0.25, -0.2) is 0 Å². The SMILES string of the molecule is O=C(CCCCCCCCC(=O)c1cc(Br)c(O)cc1O)c1cc(Br)c(O)cc1O. The van der Waals surface area contributed by atoms with Crippen molar-refractivity contribution in [1.29, 1.82) is 0 Å². The Bertz CT molecular complexity index is 851. The summed E-state index contributed by atoms with van der Waals surface area (Å²) >= 11 is 6.27. The maximum atomic E-state index is 12.2. The highest BCUT2D eigenvalue weighted by molar-refractivity contribution is 9.10. The van der Waals surface area contributed by atoms with Gasteiger partial charge in [0.1, 0.15) is 23.0 Å². The lowest BCUT2D eigenvalue weighted by molar-refractivity contribution is 0.0966. The van der Waals surface area contributed by atoms with Gasteiger partial charge in [-0.05, 0) is 56.8 Å². The summed E-state index contributed by atoms with van der Waals surface area (Å²) in [4.78, 5) is 24.4. The molecule has 2 aromatic rings. The van der Waals surface area contributed by atoms with E-state index in [1.165, 1.54) is 12.1 Å². The third-order valence-corrected chi connectivity index (χ3v) is 6.06. The summed E-state index contributed by atoms with van der Waals surface area (Å²) in [5, 5.41) is 38.6. The smallest absolute Gasteiger partial charge is 0.166 e. The van der Waals surface area contributed by atoms with Crippen molar-refractivity contribution in [2.45, 2.75) is 51.4 Å². The van der Waals surface area contributed by atoms with Gasteiger partial charge in [-0.1, -0.05) is 25.7 Å². The molecule has 0 bridgehead atoms. The number of Topliss-reactive ketones (excluding diaryl/α,β-unsaturated/α-hetero) is 2. The third-order valence-electron chi connectivity index (χ3n) is 4.79. The molecule has 0 amide bonds. The maximum Gasteiger partial charge on any atom is 0.166 e. The maximum absolute atomic E-state index is 12.2. The molecule has 0 radical (unpaired) electrons. The van der Waals surface area contributed by atoms with E-state index in [4.69, 9.17) is 0 Å². The van der Waals surface area contributed by atoms with Crippen LogP contribution < -0.4 is 0 Å². The molecule has 2 aromatic carbocycles. The zero-order chi connectivity index (χ0) is 22.3. The number of carbonyl (C=O) groups excluding carboxylic acids is 2. The second-order valence-electron chi connectivity index (χ2n) is 7.11. The van der Waals surface area contributed by atoms with Gasteiger partial charge >= 0.3 is 0 Å². The van der Waals surface area contributed by atoms with Gasteiger partial charge in [0, 0.05) is 25.0 Å². The van der Waals surface area contributed by atoms with E-state index in [0.29, 0.717) is 34.6 Å². The van der Waals surface area contributed by atoms with Gasteiger partial charge in [0.2, 0.25) is 0 Å². The number of carbonyl (C=O) groups is 2. The van der Waals surface area contributed by atoms with Crippen LogP contribution in [0, 0.1) is 0 Å². The van der Waals surface area contributed by atoms with E-state index >= 15 is 0 Å². The van der Waals surface area contributed by atoms with Crippen molar-refractivity contribution in [3.05, 3.63) is 44.3 Å². The van der Waals surface area contributed by atoms with Crippen molar-refractivity contribution in [1.82, 2.24) is 0 Å². The molecule has 0 aromatic heterocycles. The lowest BCUT2D eigenvalue weighted by Gasteiger charge is -2.07. The molecule has 30 heavy (non-hydrogen) atoms. The summed E-state index contributed by atoms with van der Waals surface area (Å²) in [5.74, 6) is -1.02. The molecule has 0 spiro atoms. The number of phenolic OH excluding ortho intramolecular Hbond substituents is 4. The van der Waals surface area contributed by atoms with Gasteiger partial charge in [0.25, 0.3) is 0 Å². The van der Waals surface area contributed by atoms with E-state index in [-0.39, 0.29) is 45.7 Å². The van der Waals surface area contributed by atoms with Gasteiger partial charge in [-0.3, -0.25) is 9.59 Å². The zero-order valence-corrected chi connectivity index (χ0v) is 19.5. The van der Waals surface area contributed by atoms with Gasteiger partial charge in [-0.15, -0.1) is 0 Å². The lowest BCUT2D eigenvalue weighted by Crippen LogP contribution is -2.00. The van der Waals surface area contributed by atoms with Crippen LogP contribution in [0.15, 0.2) is 33.2 Å². The summed E-state index contributed by atoms with van der Waals surface area (Å²) in [7, 11) is 0. The summed E-state index contributed by atoms with van der Waals surface area (Å²) in [6.45, 7) is 0. The number of benzene rings is 2. The van der Waals surface area contributed by atoms with Gasteiger partial charge in [0.15, 0.2) is 11.6 Å². The van der Waals surface area contributed by atoms with E-state index in [9.17, 15) is 30.0 Å². The molecule has 6 nitrogen and oxygen atoms in total. The summed E-state index contributed by atoms with van der Waals surface area (Å²) in [5.41, 5.74) is 0.393. The van der Waals surface area contributed by atoms with Crippen molar-refractivity contribution >= 4 is 43.4 Å². The zero-order valence-electron chi connectivity index (χ0n) is 16.3. The van der Waals surface area contributed by atoms with Gasteiger partial charge in [-0.2, -0.15) is 0 Å². The minimum atomic E-state index is -0.225. The van der Waals surface area contributed by atoms with Crippen LogP contribution in [0.2, 0.25) is 0 Å². The molecule has 2 rings (SSSR count). The molecule has 0 aliphatic rings. The van der Waals surface area contributed by atoms with Crippen molar-refractivity contribution in [3.63, 3.8) is 0 Å².